The molecule has 0 amide bonds. The van der Waals surface area contributed by atoms with Crippen LogP contribution in [0.2, 0.25) is 0 Å². The smallest absolute Gasteiger partial charge is 0.128 e. The van der Waals surface area contributed by atoms with Gasteiger partial charge in [0.2, 0.25) is 0 Å². The highest BCUT2D eigenvalue weighted by Gasteiger charge is 2.15. The second-order valence-electron chi connectivity index (χ2n) is 7.87. The number of rotatable bonds is 7. The summed E-state index contributed by atoms with van der Waals surface area (Å²) in [6.07, 6.45) is 7.06. The standard InChI is InChI=1S/C26H29N5/c1-20(17-27)30(2)19-21-6-5-7-23(16-21)24-9-10-26(29-18-24)31-14-11-22(12-15-31)25-8-3-4-13-28-25/h3-11,13,16,18H,1,12,14-15,17,19,27H2,2H3. The largest absolute Gasteiger partial charge is 0.373 e. The molecule has 0 aliphatic carbocycles. The van der Waals surface area contributed by atoms with Crippen LogP contribution in [0.15, 0.2) is 85.3 Å². The summed E-state index contributed by atoms with van der Waals surface area (Å²) in [5.74, 6) is 1.01. The molecule has 5 nitrogen and oxygen atoms in total. The molecule has 5 heteroatoms. The molecule has 31 heavy (non-hydrogen) atoms. The monoisotopic (exact) mass is 411 g/mol. The van der Waals surface area contributed by atoms with Gasteiger partial charge in [-0.05, 0) is 53.5 Å². The van der Waals surface area contributed by atoms with Gasteiger partial charge in [-0.1, -0.05) is 36.9 Å². The van der Waals surface area contributed by atoms with E-state index in [0.29, 0.717) is 6.54 Å². The Morgan fingerprint density at radius 3 is 2.68 bits per heavy atom. The lowest BCUT2D eigenvalue weighted by atomic mass is 10.0. The third-order valence-corrected chi connectivity index (χ3v) is 5.73. The van der Waals surface area contributed by atoms with Crippen molar-refractivity contribution in [3.05, 3.63) is 96.6 Å². The van der Waals surface area contributed by atoms with E-state index in [1.54, 1.807) is 0 Å². The van der Waals surface area contributed by atoms with Crippen LogP contribution in [-0.2, 0) is 6.54 Å². The number of aromatic nitrogens is 2. The summed E-state index contributed by atoms with van der Waals surface area (Å²) in [5, 5.41) is 0. The van der Waals surface area contributed by atoms with Crippen LogP contribution in [0.1, 0.15) is 17.7 Å². The van der Waals surface area contributed by atoms with Crippen molar-refractivity contribution >= 4 is 11.4 Å². The molecule has 3 aromatic rings. The fraction of sp³-hybridized carbons (Fsp3) is 0.231. The Morgan fingerprint density at radius 1 is 1.10 bits per heavy atom. The Balaban J connectivity index is 1.44. The molecule has 0 bridgehead atoms. The Hall–Kier alpha value is -3.44. The lowest BCUT2D eigenvalue weighted by Crippen LogP contribution is -2.29. The first kappa shape index (κ1) is 20.8. The van der Waals surface area contributed by atoms with Crippen molar-refractivity contribution in [2.24, 2.45) is 5.73 Å². The maximum absolute atomic E-state index is 5.70. The average molecular weight is 412 g/mol. The molecule has 4 rings (SSSR count). The zero-order valence-corrected chi connectivity index (χ0v) is 18.0. The highest BCUT2D eigenvalue weighted by atomic mass is 15.2. The Labute approximate surface area is 184 Å². The average Bonchev–Trinajstić information content (AvgIpc) is 2.84. The predicted octanol–water partition coefficient (Wildman–Crippen LogP) is 4.34. The number of nitrogens with two attached hydrogens (primary N) is 1. The highest BCUT2D eigenvalue weighted by Crippen LogP contribution is 2.26. The van der Waals surface area contributed by atoms with Crippen LogP contribution in [0.5, 0.6) is 0 Å². The van der Waals surface area contributed by atoms with Crippen LogP contribution >= 0.6 is 0 Å². The van der Waals surface area contributed by atoms with E-state index < -0.39 is 0 Å². The SMILES string of the molecule is C=C(CN)N(C)Cc1cccc(-c2ccc(N3CC=C(c4ccccn4)CC3)nc2)c1. The number of hydrogen-bond acceptors (Lipinski definition) is 5. The molecule has 0 radical (unpaired) electrons. The van der Waals surface area contributed by atoms with Gasteiger partial charge < -0.3 is 15.5 Å². The molecule has 0 atom stereocenters. The quantitative estimate of drug-likeness (QED) is 0.627. The zero-order chi connectivity index (χ0) is 21.6. The van der Waals surface area contributed by atoms with Crippen molar-refractivity contribution in [2.45, 2.75) is 13.0 Å². The molecular weight excluding hydrogens is 382 g/mol. The van der Waals surface area contributed by atoms with E-state index in [1.165, 1.54) is 16.7 Å². The van der Waals surface area contributed by atoms with Crippen molar-refractivity contribution in [1.29, 1.82) is 0 Å². The molecule has 1 aliphatic rings. The molecule has 1 aromatic carbocycles. The van der Waals surface area contributed by atoms with E-state index in [4.69, 9.17) is 10.7 Å². The van der Waals surface area contributed by atoms with Crippen LogP contribution in [0.25, 0.3) is 16.7 Å². The summed E-state index contributed by atoms with van der Waals surface area (Å²) in [5.41, 5.74) is 12.5. The maximum Gasteiger partial charge on any atom is 0.128 e. The van der Waals surface area contributed by atoms with E-state index >= 15 is 0 Å². The summed E-state index contributed by atoms with van der Waals surface area (Å²) in [6, 6.07) is 18.9. The normalized spacial score (nSPS) is 13.6. The predicted molar refractivity (Wildman–Crippen MR) is 128 cm³/mol. The topological polar surface area (TPSA) is 58.3 Å². The summed E-state index contributed by atoms with van der Waals surface area (Å²) in [7, 11) is 2.02. The number of likely N-dealkylation sites (N-methyl/N-ethyl adjacent to an activating group) is 1. The molecule has 3 heterocycles. The fourth-order valence-corrected chi connectivity index (χ4v) is 3.80. The first-order chi connectivity index (χ1) is 15.1. The maximum atomic E-state index is 5.70. The number of nitrogens with zero attached hydrogens (tertiary/aromatic N) is 4. The van der Waals surface area contributed by atoms with Crippen LogP contribution in [0, 0.1) is 0 Å². The second kappa shape index (κ2) is 9.58. The lowest BCUT2D eigenvalue weighted by molar-refractivity contribution is 0.407. The van der Waals surface area contributed by atoms with E-state index in [1.807, 2.05) is 31.6 Å². The van der Waals surface area contributed by atoms with E-state index in [9.17, 15) is 0 Å². The van der Waals surface area contributed by atoms with Gasteiger partial charge in [-0.3, -0.25) is 4.98 Å². The molecular formula is C26H29N5. The molecule has 0 spiro atoms. The van der Waals surface area contributed by atoms with Crippen LogP contribution in [0.4, 0.5) is 5.82 Å². The second-order valence-corrected chi connectivity index (χ2v) is 7.87. The molecule has 1 aliphatic heterocycles. The van der Waals surface area contributed by atoms with Gasteiger partial charge in [-0.2, -0.15) is 0 Å². The summed E-state index contributed by atoms with van der Waals surface area (Å²) < 4.78 is 0. The summed E-state index contributed by atoms with van der Waals surface area (Å²) >= 11 is 0. The summed E-state index contributed by atoms with van der Waals surface area (Å²) in [6.45, 7) is 7.06. The Bertz CT molecular complexity index is 1060. The third kappa shape index (κ3) is 5.01. The van der Waals surface area contributed by atoms with Crippen molar-refractivity contribution in [1.82, 2.24) is 14.9 Å². The van der Waals surface area contributed by atoms with E-state index in [2.05, 4.69) is 69.9 Å². The minimum absolute atomic E-state index is 0.469. The molecule has 2 N–H and O–H groups in total. The van der Waals surface area contributed by atoms with E-state index in [0.717, 1.165) is 48.8 Å². The summed E-state index contributed by atoms with van der Waals surface area (Å²) in [4.78, 5) is 13.6. The minimum Gasteiger partial charge on any atom is -0.373 e. The number of pyridine rings is 2. The molecule has 0 unspecified atom stereocenters. The van der Waals surface area contributed by atoms with Gasteiger partial charge in [-0.25, -0.2) is 4.98 Å². The lowest BCUT2D eigenvalue weighted by Gasteiger charge is -2.27. The van der Waals surface area contributed by atoms with E-state index in [-0.39, 0.29) is 0 Å². The molecule has 0 fully saturated rings. The van der Waals surface area contributed by atoms with Gasteiger partial charge in [0.05, 0.1) is 5.69 Å². The number of hydrogen-bond donors (Lipinski definition) is 1. The molecule has 0 saturated carbocycles. The van der Waals surface area contributed by atoms with Crippen molar-refractivity contribution in [2.75, 3.05) is 31.6 Å². The molecule has 158 valence electrons. The zero-order valence-electron chi connectivity index (χ0n) is 18.0. The molecule has 0 saturated heterocycles. The third-order valence-electron chi connectivity index (χ3n) is 5.73. The molecule has 2 aromatic heterocycles. The van der Waals surface area contributed by atoms with Crippen molar-refractivity contribution in [3.8, 4) is 11.1 Å². The van der Waals surface area contributed by atoms with Crippen molar-refractivity contribution < 1.29 is 0 Å². The Morgan fingerprint density at radius 2 is 2.00 bits per heavy atom. The van der Waals surface area contributed by atoms with Gasteiger partial charge in [0, 0.05) is 56.9 Å². The fourth-order valence-electron chi connectivity index (χ4n) is 3.80. The van der Waals surface area contributed by atoms with Gasteiger partial charge in [0.25, 0.3) is 0 Å². The van der Waals surface area contributed by atoms with Crippen LogP contribution in [0.3, 0.4) is 0 Å². The first-order valence-electron chi connectivity index (χ1n) is 10.6. The van der Waals surface area contributed by atoms with Crippen LogP contribution in [-0.4, -0.2) is 41.5 Å². The van der Waals surface area contributed by atoms with Gasteiger partial charge in [0.1, 0.15) is 5.82 Å². The van der Waals surface area contributed by atoms with Crippen molar-refractivity contribution in [3.63, 3.8) is 0 Å². The number of anilines is 1. The van der Waals surface area contributed by atoms with Gasteiger partial charge >= 0.3 is 0 Å². The minimum atomic E-state index is 0.469. The van der Waals surface area contributed by atoms with Crippen LogP contribution < -0.4 is 10.6 Å². The highest BCUT2D eigenvalue weighted by molar-refractivity contribution is 5.67. The Kier molecular flexibility index (Phi) is 6.43. The van der Waals surface area contributed by atoms with Gasteiger partial charge in [0.15, 0.2) is 0 Å². The first-order valence-corrected chi connectivity index (χ1v) is 10.6. The van der Waals surface area contributed by atoms with Gasteiger partial charge in [-0.15, -0.1) is 0 Å². The number of benzene rings is 1.